The predicted octanol–water partition coefficient (Wildman–Crippen LogP) is 12.3. The minimum atomic E-state index is 0.207. The van der Waals surface area contributed by atoms with Gasteiger partial charge in [0, 0.05) is 118 Å². The lowest BCUT2D eigenvalue weighted by Crippen LogP contribution is -2.39. The zero-order valence-corrected chi connectivity index (χ0v) is 74.2. The van der Waals surface area contributed by atoms with E-state index in [2.05, 4.69) is 183 Å². The van der Waals surface area contributed by atoms with Crippen LogP contribution in [-0.2, 0) is 0 Å². The molecule has 0 saturated carbocycles. The number of hydrogen-bond acceptors (Lipinski definition) is 39. The van der Waals surface area contributed by atoms with Crippen LogP contribution in [0.4, 0.5) is 93.2 Å². The van der Waals surface area contributed by atoms with Crippen LogP contribution in [-0.4, -0.2) is 215 Å². The zero-order chi connectivity index (χ0) is 90.4. The molecule has 0 unspecified atom stereocenters. The summed E-state index contributed by atoms with van der Waals surface area (Å²) < 4.78 is 7.05. The fraction of sp³-hybridized carbons (Fsp3) is 0.298. The van der Waals surface area contributed by atoms with Crippen molar-refractivity contribution in [1.29, 1.82) is 15.8 Å². The molecular weight excluding hydrogens is 1750 g/mol. The van der Waals surface area contributed by atoms with Gasteiger partial charge in [0.1, 0.15) is 67.7 Å². The first-order chi connectivity index (χ1) is 63.8. The van der Waals surface area contributed by atoms with Gasteiger partial charge in [-0.25, -0.2) is 58.4 Å². The van der Waals surface area contributed by atoms with Gasteiger partial charge in [-0.15, -0.1) is 35.7 Å². The maximum Gasteiger partial charge on any atom is 0.230 e. The summed E-state index contributed by atoms with van der Waals surface area (Å²) in [6.07, 6.45) is 24.3. The molecule has 4 aliphatic heterocycles. The molecule has 0 atom stereocenters. The Balaban J connectivity index is 0.000000122. The van der Waals surface area contributed by atoms with Gasteiger partial charge in [0.2, 0.25) is 23.8 Å². The predicted molar refractivity (Wildman–Crippen MR) is 495 cm³/mol. The standard InChI is InChI=1S/3C21H20ClN11.C21H23ClN10/c1-13-25-18-4-3-16(12-33(18)31-13)27-21-24-11-17(22)20(28-21)26-14-6-8-32(9-7-14)19-5-2-15(10-23)29-30-19;1-13-25-19-10-15(6-9-33(19)31-13)27-21-24-12-17(22)20(28-21)26-14-4-7-32(8-5-14)18-3-2-16(11-23)29-30-18;1-13-12-33-19(26-13)8-16(10-25-33)28-21-24-11-17(22)20(29-21)27-14-4-6-32(7-5-14)18-3-2-15(9-23)30-31-18;1-13-3-4-18(30-29-13)31-7-5-15(6-8-31)26-20-16(22)11-24-21(28-20)27-17-9-19-23-10-14(2)32(19)12-25-17/h2-5,11-12,14H,6-9H2,1H3,(H2,24,26,27,28);2-3,6,9-10,12,14H,4-5,7-8H2,1H3,(H2,24,26,27,28);2-3,8,10-12,14H,4-7H2,1H3,(H2,24,27,28,29);3-4,9-12,15H,5-8H2,1-2H3,(H2,24,26,27,28). The van der Waals surface area contributed by atoms with Gasteiger partial charge in [0.25, 0.3) is 0 Å². The quantitative estimate of drug-likeness (QED) is 0.0351. The molecule has 16 aromatic heterocycles. The van der Waals surface area contributed by atoms with Crippen LogP contribution in [0, 0.1) is 68.6 Å². The maximum atomic E-state index is 8.87. The molecule has 43 nitrogen and oxygen atoms in total. The van der Waals surface area contributed by atoms with Crippen molar-refractivity contribution in [2.24, 2.45) is 0 Å². The molecule has 20 rings (SSSR count). The molecule has 8 N–H and O–H groups in total. The molecular formula is C84H83Cl4N43. The van der Waals surface area contributed by atoms with E-state index in [-0.39, 0.29) is 24.2 Å². The fourth-order valence-electron chi connectivity index (χ4n) is 14.9. The summed E-state index contributed by atoms with van der Waals surface area (Å²) in [7, 11) is 0. The monoisotopic (exact) mass is 1830 g/mol. The van der Waals surface area contributed by atoms with Crippen molar-refractivity contribution in [2.45, 2.75) is 110 Å². The van der Waals surface area contributed by atoms with E-state index in [1.807, 2.05) is 143 Å². The molecule has 662 valence electrons. The molecule has 131 heavy (non-hydrogen) atoms. The Bertz CT molecular complexity index is 6330. The average molecular weight is 1840 g/mol. The normalized spacial score (nSPS) is 14.4. The second-order valence-electron chi connectivity index (χ2n) is 31.0. The van der Waals surface area contributed by atoms with E-state index >= 15 is 0 Å². The fourth-order valence-corrected chi connectivity index (χ4v) is 15.5. The summed E-state index contributed by atoms with van der Waals surface area (Å²) in [4.78, 5) is 66.0. The van der Waals surface area contributed by atoms with Gasteiger partial charge in [0.15, 0.2) is 80.6 Å². The first-order valence-electron chi connectivity index (χ1n) is 41.8. The lowest BCUT2D eigenvalue weighted by atomic mass is 10.1. The Hall–Kier alpha value is -15.7. The van der Waals surface area contributed by atoms with Crippen molar-refractivity contribution in [3.8, 4) is 18.2 Å². The average Bonchev–Trinajstić information content (AvgIpc) is 1.77. The molecule has 0 aliphatic carbocycles. The third-order valence-electron chi connectivity index (χ3n) is 21.6. The molecule has 16 aromatic rings. The molecule has 4 saturated heterocycles. The van der Waals surface area contributed by atoms with Gasteiger partial charge in [-0.2, -0.15) is 56.1 Å². The molecule has 4 fully saturated rings. The number of nitrogens with one attached hydrogen (secondary N) is 8. The highest BCUT2D eigenvalue weighted by atomic mass is 35.5. The van der Waals surface area contributed by atoms with Crippen LogP contribution >= 0.6 is 46.4 Å². The van der Waals surface area contributed by atoms with Gasteiger partial charge in [-0.05, 0) is 153 Å². The number of aromatic nitrogens is 28. The van der Waals surface area contributed by atoms with E-state index in [0.29, 0.717) is 102 Å². The zero-order valence-electron chi connectivity index (χ0n) is 71.1. The summed E-state index contributed by atoms with van der Waals surface area (Å²) in [5.74, 6) is 9.34. The number of imidazole rings is 2. The molecule has 0 bridgehead atoms. The summed E-state index contributed by atoms with van der Waals surface area (Å²) in [5.41, 5.74) is 9.16. The van der Waals surface area contributed by atoms with Gasteiger partial charge in [-0.3, -0.25) is 4.40 Å². The Morgan fingerprint density at radius 2 is 0.756 bits per heavy atom. The number of pyridine rings is 2. The Kier molecular flexibility index (Phi) is 26.8. The summed E-state index contributed by atoms with van der Waals surface area (Å²) in [6, 6.07) is 32.7. The van der Waals surface area contributed by atoms with E-state index in [1.54, 1.807) is 75.3 Å². The number of halogens is 4. The van der Waals surface area contributed by atoms with Gasteiger partial charge >= 0.3 is 0 Å². The number of fused-ring (bicyclic) bond motifs is 4. The molecule has 0 aromatic carbocycles. The Labute approximate surface area is 768 Å². The number of nitrogens with zero attached hydrogens (tertiary/aromatic N) is 35. The number of anilines is 16. The largest absolute Gasteiger partial charge is 0.366 e. The first-order valence-corrected chi connectivity index (χ1v) is 43.3. The van der Waals surface area contributed by atoms with E-state index in [1.165, 1.54) is 0 Å². The second kappa shape index (κ2) is 40.1. The first kappa shape index (κ1) is 87.4. The highest BCUT2D eigenvalue weighted by Crippen LogP contribution is 2.33. The lowest BCUT2D eigenvalue weighted by molar-refractivity contribution is 0.521. The number of piperidine rings is 4. The minimum absolute atomic E-state index is 0.207. The molecule has 20 heterocycles. The molecule has 0 radical (unpaired) electrons. The van der Waals surface area contributed by atoms with Crippen LogP contribution in [0.5, 0.6) is 0 Å². The highest BCUT2D eigenvalue weighted by molar-refractivity contribution is 6.34. The summed E-state index contributed by atoms with van der Waals surface area (Å²) >= 11 is 25.4. The van der Waals surface area contributed by atoms with Crippen LogP contribution in [0.3, 0.4) is 0 Å². The van der Waals surface area contributed by atoms with Crippen molar-refractivity contribution in [1.82, 2.24) is 139 Å². The van der Waals surface area contributed by atoms with E-state index in [9.17, 15) is 0 Å². The van der Waals surface area contributed by atoms with Gasteiger partial charge < -0.3 is 62.1 Å². The molecule has 47 heteroatoms. The Morgan fingerprint density at radius 1 is 0.344 bits per heavy atom. The topological polar surface area (TPSA) is 508 Å². The summed E-state index contributed by atoms with van der Waals surface area (Å²) in [6.45, 7) is 16.2. The van der Waals surface area contributed by atoms with Crippen LogP contribution < -0.4 is 62.1 Å². The van der Waals surface area contributed by atoms with Crippen LogP contribution in [0.2, 0.25) is 20.1 Å². The number of aryl methyl sites for hydroxylation is 5. The molecule has 4 aliphatic rings. The van der Waals surface area contributed by atoms with Crippen molar-refractivity contribution in [3.63, 3.8) is 0 Å². The Morgan fingerprint density at radius 3 is 1.20 bits per heavy atom. The molecule has 0 amide bonds. The SMILES string of the molecule is Cc1ccc(N2CCC(Nc3nc(Nc4cc5ncc(C)n5cn4)ncc3Cl)CC2)nn1.Cc1cn2ncc(Nc3ncc(Cl)c(NC4CCN(c5ccc(C#N)nn5)CC4)n3)cc2n1.Cc1nc2cc(Nc3ncc(Cl)c(NC4CCN(c5ccc(C#N)nn5)CC4)n3)ccn2n1.Cc1nc2ccc(Nc3ncc(Cl)c(NC4CCN(c5ccc(C#N)nn5)CC4)n3)cn2n1. The maximum absolute atomic E-state index is 8.87. The van der Waals surface area contributed by atoms with Crippen molar-refractivity contribution < 1.29 is 0 Å². The number of rotatable bonds is 20. The van der Waals surface area contributed by atoms with Crippen molar-refractivity contribution in [3.05, 3.63) is 213 Å². The van der Waals surface area contributed by atoms with E-state index in [4.69, 9.17) is 62.2 Å². The minimum Gasteiger partial charge on any atom is -0.366 e. The lowest BCUT2D eigenvalue weighted by Gasteiger charge is -2.33. The molecule has 0 spiro atoms. The van der Waals surface area contributed by atoms with Gasteiger partial charge in [0.05, 0.1) is 66.1 Å². The van der Waals surface area contributed by atoms with Crippen LogP contribution in [0.15, 0.2) is 147 Å². The van der Waals surface area contributed by atoms with Crippen LogP contribution in [0.1, 0.15) is 97.2 Å². The van der Waals surface area contributed by atoms with Gasteiger partial charge in [-0.1, -0.05) is 46.4 Å². The third-order valence-corrected chi connectivity index (χ3v) is 22.7. The summed E-state index contributed by atoms with van der Waals surface area (Å²) in [5, 5.41) is 101. The smallest absolute Gasteiger partial charge is 0.230 e. The number of nitriles is 3. The van der Waals surface area contributed by atoms with E-state index in [0.717, 1.165) is 184 Å². The van der Waals surface area contributed by atoms with Crippen molar-refractivity contribution in [2.75, 3.05) is 114 Å². The highest BCUT2D eigenvalue weighted by Gasteiger charge is 2.28. The van der Waals surface area contributed by atoms with E-state index < -0.39 is 0 Å². The van der Waals surface area contributed by atoms with Crippen molar-refractivity contribution >= 4 is 162 Å². The number of hydrogen-bond donors (Lipinski definition) is 8. The third kappa shape index (κ3) is 22.1. The second-order valence-corrected chi connectivity index (χ2v) is 32.6. The van der Waals surface area contributed by atoms with Crippen LogP contribution in [0.25, 0.3) is 22.6 Å².